The highest BCUT2D eigenvalue weighted by Crippen LogP contribution is 2.14. The van der Waals surface area contributed by atoms with Gasteiger partial charge in [-0.1, -0.05) is 19.1 Å². The first-order valence-corrected chi connectivity index (χ1v) is 7.52. The number of nitrogens with one attached hydrogen (secondary N) is 1. The molecule has 1 aromatic carbocycles. The van der Waals surface area contributed by atoms with Crippen molar-refractivity contribution in [1.82, 2.24) is 14.9 Å². The number of furan rings is 1. The van der Waals surface area contributed by atoms with Crippen molar-refractivity contribution in [3.05, 3.63) is 54.7 Å². The minimum Gasteiger partial charge on any atom is -0.469 e. The lowest BCUT2D eigenvalue weighted by molar-refractivity contribution is 0.407. The molecule has 2 heterocycles. The Morgan fingerprint density at radius 1 is 1.24 bits per heavy atom. The van der Waals surface area contributed by atoms with Crippen LogP contribution in [0.5, 0.6) is 0 Å². The third-order valence-corrected chi connectivity index (χ3v) is 3.66. The minimum atomic E-state index is 0.341. The van der Waals surface area contributed by atoms with Gasteiger partial charge in [0.25, 0.3) is 0 Å². The topological polar surface area (TPSA) is 43.0 Å². The third-order valence-electron chi connectivity index (χ3n) is 3.66. The SMILES string of the molecule is CCCNC(Cc1ccco1)Cn1cnc2ccccc21. The zero-order valence-corrected chi connectivity index (χ0v) is 12.3. The molecule has 0 fully saturated rings. The summed E-state index contributed by atoms with van der Waals surface area (Å²) >= 11 is 0. The summed E-state index contributed by atoms with van der Waals surface area (Å²) in [5.41, 5.74) is 2.23. The Kier molecular flexibility index (Phi) is 4.36. The molecule has 0 aliphatic rings. The standard InChI is InChI=1S/C17H21N3O/c1-2-9-18-14(11-15-6-5-10-21-15)12-20-13-19-16-7-3-4-8-17(16)20/h3-8,10,13-14,18H,2,9,11-12H2,1H3. The highest BCUT2D eigenvalue weighted by Gasteiger charge is 2.13. The molecule has 0 saturated heterocycles. The number of imidazole rings is 1. The maximum Gasteiger partial charge on any atom is 0.105 e. The summed E-state index contributed by atoms with van der Waals surface area (Å²) in [7, 11) is 0. The molecule has 110 valence electrons. The molecule has 3 rings (SSSR count). The van der Waals surface area contributed by atoms with Crippen LogP contribution in [0, 0.1) is 0 Å². The summed E-state index contributed by atoms with van der Waals surface area (Å²) < 4.78 is 7.70. The van der Waals surface area contributed by atoms with Gasteiger partial charge in [0.15, 0.2) is 0 Å². The Hall–Kier alpha value is -2.07. The van der Waals surface area contributed by atoms with E-state index in [0.717, 1.165) is 37.2 Å². The van der Waals surface area contributed by atoms with Gasteiger partial charge in [-0.2, -0.15) is 0 Å². The molecule has 1 N–H and O–H groups in total. The predicted molar refractivity (Wildman–Crippen MR) is 84.2 cm³/mol. The monoisotopic (exact) mass is 283 g/mol. The number of nitrogens with zero attached hydrogens (tertiary/aromatic N) is 2. The molecular weight excluding hydrogens is 262 g/mol. The van der Waals surface area contributed by atoms with E-state index in [4.69, 9.17) is 4.42 Å². The van der Waals surface area contributed by atoms with E-state index in [-0.39, 0.29) is 0 Å². The Morgan fingerprint density at radius 3 is 2.95 bits per heavy atom. The van der Waals surface area contributed by atoms with Gasteiger partial charge in [-0.3, -0.25) is 0 Å². The van der Waals surface area contributed by atoms with Crippen LogP contribution in [0.3, 0.4) is 0 Å². The fourth-order valence-corrected chi connectivity index (χ4v) is 2.61. The van der Waals surface area contributed by atoms with E-state index < -0.39 is 0 Å². The first-order valence-electron chi connectivity index (χ1n) is 7.52. The molecule has 0 spiro atoms. The van der Waals surface area contributed by atoms with Gasteiger partial charge in [0.2, 0.25) is 0 Å². The van der Waals surface area contributed by atoms with Crippen molar-refractivity contribution in [2.45, 2.75) is 32.4 Å². The van der Waals surface area contributed by atoms with E-state index in [1.807, 2.05) is 30.6 Å². The maximum atomic E-state index is 5.49. The van der Waals surface area contributed by atoms with E-state index in [2.05, 4.69) is 33.9 Å². The minimum absolute atomic E-state index is 0.341. The molecule has 0 saturated carbocycles. The van der Waals surface area contributed by atoms with E-state index >= 15 is 0 Å². The molecule has 0 aliphatic heterocycles. The molecule has 0 aliphatic carbocycles. The van der Waals surface area contributed by atoms with Gasteiger partial charge >= 0.3 is 0 Å². The smallest absolute Gasteiger partial charge is 0.105 e. The summed E-state index contributed by atoms with van der Waals surface area (Å²) in [6.45, 7) is 4.09. The highest BCUT2D eigenvalue weighted by atomic mass is 16.3. The first-order chi connectivity index (χ1) is 10.4. The second-order valence-electron chi connectivity index (χ2n) is 5.32. The van der Waals surface area contributed by atoms with Crippen LogP contribution in [0.4, 0.5) is 0 Å². The van der Waals surface area contributed by atoms with Crippen LogP contribution in [0.25, 0.3) is 11.0 Å². The maximum absolute atomic E-state index is 5.49. The molecule has 0 bridgehead atoms. The second-order valence-corrected chi connectivity index (χ2v) is 5.32. The molecule has 0 radical (unpaired) electrons. The van der Waals surface area contributed by atoms with Crippen LogP contribution in [0.2, 0.25) is 0 Å². The summed E-state index contributed by atoms with van der Waals surface area (Å²) in [5.74, 6) is 1.02. The molecule has 3 aromatic rings. The van der Waals surface area contributed by atoms with E-state index in [1.165, 1.54) is 5.52 Å². The molecule has 2 aromatic heterocycles. The van der Waals surface area contributed by atoms with E-state index in [1.54, 1.807) is 6.26 Å². The van der Waals surface area contributed by atoms with Crippen LogP contribution in [-0.2, 0) is 13.0 Å². The van der Waals surface area contributed by atoms with Crippen LogP contribution in [-0.4, -0.2) is 22.1 Å². The van der Waals surface area contributed by atoms with Crippen molar-refractivity contribution < 1.29 is 4.42 Å². The van der Waals surface area contributed by atoms with E-state index in [9.17, 15) is 0 Å². The average Bonchev–Trinajstić information content (AvgIpc) is 3.15. The Balaban J connectivity index is 1.76. The molecular formula is C17H21N3O. The third kappa shape index (κ3) is 3.34. The van der Waals surface area contributed by atoms with Crippen molar-refractivity contribution in [1.29, 1.82) is 0 Å². The number of hydrogen-bond acceptors (Lipinski definition) is 3. The normalized spacial score (nSPS) is 12.8. The number of rotatable bonds is 7. The summed E-state index contributed by atoms with van der Waals surface area (Å²) in [4.78, 5) is 4.46. The molecule has 1 unspecified atom stereocenters. The number of para-hydroxylation sites is 2. The predicted octanol–water partition coefficient (Wildman–Crippen LogP) is 3.24. The van der Waals surface area contributed by atoms with Crippen LogP contribution >= 0.6 is 0 Å². The average molecular weight is 283 g/mol. The van der Waals surface area contributed by atoms with E-state index in [0.29, 0.717) is 6.04 Å². The van der Waals surface area contributed by atoms with Gasteiger partial charge in [0, 0.05) is 19.0 Å². The van der Waals surface area contributed by atoms with Gasteiger partial charge in [-0.05, 0) is 37.2 Å². The van der Waals surface area contributed by atoms with Gasteiger partial charge in [-0.25, -0.2) is 4.98 Å². The summed E-state index contributed by atoms with van der Waals surface area (Å²) in [5, 5.41) is 3.60. The van der Waals surface area contributed by atoms with Gasteiger partial charge < -0.3 is 14.3 Å². The molecule has 0 amide bonds. The highest BCUT2D eigenvalue weighted by molar-refractivity contribution is 5.74. The molecule has 4 nitrogen and oxygen atoms in total. The Bertz CT molecular complexity index is 672. The quantitative estimate of drug-likeness (QED) is 0.724. The largest absolute Gasteiger partial charge is 0.469 e. The van der Waals surface area contributed by atoms with Gasteiger partial charge in [0.1, 0.15) is 5.76 Å². The van der Waals surface area contributed by atoms with Crippen molar-refractivity contribution in [2.24, 2.45) is 0 Å². The van der Waals surface area contributed by atoms with Crippen molar-refractivity contribution >= 4 is 11.0 Å². The summed E-state index contributed by atoms with van der Waals surface area (Å²) in [6, 6.07) is 12.6. The second kappa shape index (κ2) is 6.59. The fourth-order valence-electron chi connectivity index (χ4n) is 2.61. The number of benzene rings is 1. The van der Waals surface area contributed by atoms with Crippen LogP contribution in [0.1, 0.15) is 19.1 Å². The van der Waals surface area contributed by atoms with Crippen molar-refractivity contribution in [2.75, 3.05) is 6.54 Å². The van der Waals surface area contributed by atoms with Crippen molar-refractivity contribution in [3.8, 4) is 0 Å². The lowest BCUT2D eigenvalue weighted by Crippen LogP contribution is -2.35. The summed E-state index contributed by atoms with van der Waals surface area (Å²) in [6.07, 6.45) is 5.67. The molecule has 21 heavy (non-hydrogen) atoms. The number of hydrogen-bond donors (Lipinski definition) is 1. The first kappa shape index (κ1) is 13.9. The Labute approximate surface area is 124 Å². The van der Waals surface area contributed by atoms with Crippen LogP contribution in [0.15, 0.2) is 53.4 Å². The lowest BCUT2D eigenvalue weighted by Gasteiger charge is -2.18. The van der Waals surface area contributed by atoms with Gasteiger partial charge in [-0.15, -0.1) is 0 Å². The van der Waals surface area contributed by atoms with Gasteiger partial charge in [0.05, 0.1) is 23.6 Å². The van der Waals surface area contributed by atoms with Crippen molar-refractivity contribution in [3.63, 3.8) is 0 Å². The van der Waals surface area contributed by atoms with Crippen LogP contribution < -0.4 is 5.32 Å². The lowest BCUT2D eigenvalue weighted by atomic mass is 10.1. The molecule has 4 heteroatoms. The fraction of sp³-hybridized carbons (Fsp3) is 0.353. The zero-order chi connectivity index (χ0) is 14.5. The number of fused-ring (bicyclic) bond motifs is 1. The number of aromatic nitrogens is 2. The Morgan fingerprint density at radius 2 is 2.14 bits per heavy atom. The molecule has 1 atom stereocenters. The zero-order valence-electron chi connectivity index (χ0n) is 12.3.